The van der Waals surface area contributed by atoms with E-state index in [1.54, 1.807) is 12.2 Å². The Balaban J connectivity index is 2.73. The maximum atomic E-state index is 9.19. The quantitative estimate of drug-likeness (QED) is 0.486. The van der Waals surface area contributed by atoms with Gasteiger partial charge in [0.25, 0.3) is 0 Å². The Bertz CT molecular complexity index is 172. The van der Waals surface area contributed by atoms with Crippen LogP contribution in [-0.4, -0.2) is 10.8 Å². The van der Waals surface area contributed by atoms with Crippen LogP contribution in [-0.2, 0) is 0 Å². The Hall–Kier alpha value is 0.130. The molecular formula is C6H8INO. The standard InChI is InChI=1S/C6H8INO/c7-5-2-1-3-6(8,9)4-5/h1-3,9H,4,8H2. The fourth-order valence-electron chi connectivity index (χ4n) is 0.708. The van der Waals surface area contributed by atoms with Crippen molar-refractivity contribution in [3.05, 3.63) is 21.8 Å². The first-order valence-corrected chi connectivity index (χ1v) is 3.73. The van der Waals surface area contributed by atoms with E-state index in [1.165, 1.54) is 0 Å². The highest BCUT2D eigenvalue weighted by Gasteiger charge is 2.19. The maximum absolute atomic E-state index is 9.19. The summed E-state index contributed by atoms with van der Waals surface area (Å²) in [6, 6.07) is 0. The predicted molar refractivity (Wildman–Crippen MR) is 45.0 cm³/mol. The van der Waals surface area contributed by atoms with Crippen molar-refractivity contribution in [3.8, 4) is 0 Å². The first-order valence-electron chi connectivity index (χ1n) is 2.65. The second-order valence-corrected chi connectivity index (χ2v) is 3.53. The second kappa shape index (κ2) is 2.40. The Morgan fingerprint density at radius 3 is 2.78 bits per heavy atom. The summed E-state index contributed by atoms with van der Waals surface area (Å²) in [4.78, 5) is 0. The average molecular weight is 237 g/mol. The molecule has 0 aromatic rings. The van der Waals surface area contributed by atoms with Gasteiger partial charge < -0.3 is 5.11 Å². The van der Waals surface area contributed by atoms with Crippen molar-refractivity contribution in [1.82, 2.24) is 0 Å². The van der Waals surface area contributed by atoms with Gasteiger partial charge in [-0.1, -0.05) is 12.2 Å². The largest absolute Gasteiger partial charge is 0.372 e. The van der Waals surface area contributed by atoms with Crippen molar-refractivity contribution >= 4 is 22.6 Å². The summed E-state index contributed by atoms with van der Waals surface area (Å²) < 4.78 is 1.08. The molecule has 0 amide bonds. The molecule has 1 aliphatic carbocycles. The van der Waals surface area contributed by atoms with Crippen LogP contribution < -0.4 is 5.73 Å². The third-order valence-electron chi connectivity index (χ3n) is 1.11. The molecule has 1 unspecified atom stereocenters. The van der Waals surface area contributed by atoms with Gasteiger partial charge in [0, 0.05) is 6.42 Å². The molecule has 0 bridgehead atoms. The molecule has 0 aromatic carbocycles. The SMILES string of the molecule is NC1(O)C=CC=C(I)C1. The average Bonchev–Trinajstić information content (AvgIpc) is 1.60. The van der Waals surface area contributed by atoms with Crippen molar-refractivity contribution in [1.29, 1.82) is 0 Å². The molecule has 50 valence electrons. The molecular weight excluding hydrogens is 229 g/mol. The summed E-state index contributed by atoms with van der Waals surface area (Å²) in [5.74, 6) is 0. The van der Waals surface area contributed by atoms with E-state index in [2.05, 4.69) is 22.6 Å². The topological polar surface area (TPSA) is 46.2 Å². The lowest BCUT2D eigenvalue weighted by Gasteiger charge is -2.20. The van der Waals surface area contributed by atoms with Crippen LogP contribution in [0, 0.1) is 0 Å². The molecule has 0 fully saturated rings. The lowest BCUT2D eigenvalue weighted by atomic mass is 10.1. The van der Waals surface area contributed by atoms with Gasteiger partial charge in [0.15, 0.2) is 0 Å². The van der Waals surface area contributed by atoms with Crippen LogP contribution in [0.1, 0.15) is 6.42 Å². The molecule has 1 atom stereocenters. The molecule has 3 heteroatoms. The van der Waals surface area contributed by atoms with E-state index >= 15 is 0 Å². The van der Waals surface area contributed by atoms with E-state index in [-0.39, 0.29) is 0 Å². The molecule has 1 rings (SSSR count). The van der Waals surface area contributed by atoms with Crippen LogP contribution in [0.15, 0.2) is 21.8 Å². The molecule has 0 saturated carbocycles. The molecule has 1 aliphatic rings. The van der Waals surface area contributed by atoms with Crippen LogP contribution in [0.3, 0.4) is 0 Å². The van der Waals surface area contributed by atoms with Crippen LogP contribution in [0.2, 0.25) is 0 Å². The van der Waals surface area contributed by atoms with Crippen molar-refractivity contribution in [2.75, 3.05) is 0 Å². The summed E-state index contributed by atoms with van der Waals surface area (Å²) >= 11 is 2.15. The van der Waals surface area contributed by atoms with E-state index in [0.717, 1.165) is 3.58 Å². The maximum Gasteiger partial charge on any atom is 0.137 e. The van der Waals surface area contributed by atoms with Crippen LogP contribution >= 0.6 is 22.6 Å². The molecule has 0 saturated heterocycles. The Morgan fingerprint density at radius 1 is 1.78 bits per heavy atom. The molecule has 0 spiro atoms. The van der Waals surface area contributed by atoms with Gasteiger partial charge in [0.05, 0.1) is 0 Å². The minimum Gasteiger partial charge on any atom is -0.372 e. The summed E-state index contributed by atoms with van der Waals surface area (Å²) in [6.45, 7) is 0. The zero-order chi connectivity index (χ0) is 6.91. The number of hydrogen-bond acceptors (Lipinski definition) is 2. The van der Waals surface area contributed by atoms with Gasteiger partial charge in [0.2, 0.25) is 0 Å². The zero-order valence-corrected chi connectivity index (χ0v) is 7.00. The smallest absolute Gasteiger partial charge is 0.137 e. The third-order valence-corrected chi connectivity index (χ3v) is 1.85. The van der Waals surface area contributed by atoms with E-state index in [1.807, 2.05) is 6.08 Å². The fourth-order valence-corrected chi connectivity index (χ4v) is 1.53. The number of halogens is 1. The molecule has 0 aromatic heterocycles. The van der Waals surface area contributed by atoms with E-state index in [0.29, 0.717) is 6.42 Å². The Kier molecular flexibility index (Phi) is 1.93. The van der Waals surface area contributed by atoms with Gasteiger partial charge in [0.1, 0.15) is 5.72 Å². The van der Waals surface area contributed by atoms with Crippen molar-refractivity contribution < 1.29 is 5.11 Å². The molecule has 2 nitrogen and oxygen atoms in total. The third kappa shape index (κ3) is 2.08. The fraction of sp³-hybridized carbons (Fsp3) is 0.333. The van der Waals surface area contributed by atoms with Crippen LogP contribution in [0.25, 0.3) is 0 Å². The van der Waals surface area contributed by atoms with Gasteiger partial charge in [-0.3, -0.25) is 5.73 Å². The molecule has 3 N–H and O–H groups in total. The highest BCUT2D eigenvalue weighted by Crippen LogP contribution is 2.22. The highest BCUT2D eigenvalue weighted by atomic mass is 127. The van der Waals surface area contributed by atoms with Crippen LogP contribution in [0.5, 0.6) is 0 Å². The number of rotatable bonds is 0. The highest BCUT2D eigenvalue weighted by molar-refractivity contribution is 14.1. The zero-order valence-electron chi connectivity index (χ0n) is 4.84. The minimum absolute atomic E-state index is 0.532. The summed E-state index contributed by atoms with van der Waals surface area (Å²) in [5.41, 5.74) is 4.29. The van der Waals surface area contributed by atoms with E-state index in [4.69, 9.17) is 5.73 Å². The molecule has 0 radical (unpaired) electrons. The van der Waals surface area contributed by atoms with Gasteiger partial charge in [-0.25, -0.2) is 0 Å². The van der Waals surface area contributed by atoms with Gasteiger partial charge >= 0.3 is 0 Å². The normalized spacial score (nSPS) is 34.3. The minimum atomic E-state index is -1.11. The lowest BCUT2D eigenvalue weighted by Crippen LogP contribution is -2.37. The van der Waals surface area contributed by atoms with Gasteiger partial charge in [-0.2, -0.15) is 0 Å². The number of allylic oxidation sites excluding steroid dienone is 2. The number of hydrogen-bond donors (Lipinski definition) is 2. The van der Waals surface area contributed by atoms with Gasteiger partial charge in [-0.15, -0.1) is 0 Å². The number of nitrogens with two attached hydrogens (primary N) is 1. The molecule has 0 heterocycles. The summed E-state index contributed by atoms with van der Waals surface area (Å²) in [7, 11) is 0. The predicted octanol–water partition coefficient (Wildman–Crippen LogP) is 0.913. The van der Waals surface area contributed by atoms with E-state index < -0.39 is 5.72 Å². The Morgan fingerprint density at radius 2 is 2.44 bits per heavy atom. The molecule has 9 heavy (non-hydrogen) atoms. The lowest BCUT2D eigenvalue weighted by molar-refractivity contribution is 0.100. The number of aliphatic hydroxyl groups is 1. The monoisotopic (exact) mass is 237 g/mol. The van der Waals surface area contributed by atoms with Gasteiger partial charge in [-0.05, 0) is 32.2 Å². The first-order chi connectivity index (χ1) is 4.10. The van der Waals surface area contributed by atoms with Crippen molar-refractivity contribution in [3.63, 3.8) is 0 Å². The Labute approximate surface area is 67.6 Å². The van der Waals surface area contributed by atoms with Crippen molar-refractivity contribution in [2.24, 2.45) is 5.73 Å². The first kappa shape index (κ1) is 7.24. The molecule has 0 aliphatic heterocycles. The summed E-state index contributed by atoms with van der Waals surface area (Å²) in [6.07, 6.45) is 5.83. The summed E-state index contributed by atoms with van der Waals surface area (Å²) in [5, 5.41) is 9.19. The second-order valence-electron chi connectivity index (χ2n) is 2.14. The van der Waals surface area contributed by atoms with Crippen LogP contribution in [0.4, 0.5) is 0 Å². The van der Waals surface area contributed by atoms with E-state index in [9.17, 15) is 5.11 Å². The van der Waals surface area contributed by atoms with Crippen molar-refractivity contribution in [2.45, 2.75) is 12.1 Å².